The second kappa shape index (κ2) is 5.55. The van der Waals surface area contributed by atoms with E-state index in [-0.39, 0.29) is 6.61 Å². The molecule has 0 atom stereocenters. The minimum absolute atomic E-state index is 0.0383. The number of aryl methyl sites for hydroxylation is 1. The molecule has 0 aliphatic rings. The van der Waals surface area contributed by atoms with Crippen molar-refractivity contribution in [1.82, 2.24) is 15.0 Å². The Morgan fingerprint density at radius 2 is 1.94 bits per heavy atom. The summed E-state index contributed by atoms with van der Waals surface area (Å²) in [6.07, 6.45) is 3.25. The number of pyridine rings is 1. The Labute approximate surface area is 106 Å². The molecule has 0 saturated carbocycles. The van der Waals surface area contributed by atoms with Gasteiger partial charge in [0.2, 0.25) is 5.95 Å². The highest BCUT2D eigenvalue weighted by molar-refractivity contribution is 5.29. The highest BCUT2D eigenvalue weighted by atomic mass is 16.3. The molecule has 5 nitrogen and oxygen atoms in total. The molecule has 0 aromatic carbocycles. The lowest BCUT2D eigenvalue weighted by atomic mass is 10.3. The van der Waals surface area contributed by atoms with E-state index in [0.717, 1.165) is 11.4 Å². The van der Waals surface area contributed by atoms with E-state index in [1.54, 1.807) is 12.4 Å². The zero-order valence-electron chi connectivity index (χ0n) is 10.5. The molecular formula is C13H16N4O. The zero-order chi connectivity index (χ0) is 13.0. The summed E-state index contributed by atoms with van der Waals surface area (Å²) in [7, 11) is 1.91. The predicted octanol–water partition coefficient (Wildman–Crippen LogP) is 1.31. The van der Waals surface area contributed by atoms with Crippen molar-refractivity contribution in [2.45, 2.75) is 20.1 Å². The Hall–Kier alpha value is -2.01. The second-order valence-electron chi connectivity index (χ2n) is 4.18. The van der Waals surface area contributed by atoms with E-state index >= 15 is 0 Å². The largest absolute Gasteiger partial charge is 0.392 e. The van der Waals surface area contributed by atoms with Gasteiger partial charge in [-0.3, -0.25) is 4.98 Å². The third-order valence-electron chi connectivity index (χ3n) is 2.56. The third kappa shape index (κ3) is 3.01. The molecule has 5 heteroatoms. The topological polar surface area (TPSA) is 62.1 Å². The summed E-state index contributed by atoms with van der Waals surface area (Å²) in [5, 5.41) is 8.93. The molecule has 0 unspecified atom stereocenters. The number of nitrogens with zero attached hydrogens (tertiary/aromatic N) is 4. The number of hydrogen-bond acceptors (Lipinski definition) is 5. The van der Waals surface area contributed by atoms with Crippen LogP contribution in [0, 0.1) is 6.92 Å². The number of hydrogen-bond donors (Lipinski definition) is 1. The van der Waals surface area contributed by atoms with E-state index in [1.807, 2.05) is 37.1 Å². The smallest absolute Gasteiger partial charge is 0.225 e. The average Bonchev–Trinajstić information content (AvgIpc) is 2.39. The van der Waals surface area contributed by atoms with Crippen molar-refractivity contribution >= 4 is 5.95 Å². The molecule has 0 bridgehead atoms. The second-order valence-corrected chi connectivity index (χ2v) is 4.18. The first-order chi connectivity index (χ1) is 8.69. The van der Waals surface area contributed by atoms with E-state index in [9.17, 15) is 0 Å². The molecule has 2 aromatic rings. The zero-order valence-corrected chi connectivity index (χ0v) is 10.5. The van der Waals surface area contributed by atoms with Gasteiger partial charge < -0.3 is 10.0 Å². The van der Waals surface area contributed by atoms with Gasteiger partial charge >= 0.3 is 0 Å². The standard InChI is InChI=1S/C13H16N4O/c1-10-4-3-5-12(16-10)8-17(2)13-14-6-11(9-18)7-15-13/h3-7,18H,8-9H2,1-2H3. The maximum Gasteiger partial charge on any atom is 0.225 e. The first kappa shape index (κ1) is 12.4. The van der Waals surface area contributed by atoms with Crippen LogP contribution in [0.3, 0.4) is 0 Å². The summed E-state index contributed by atoms with van der Waals surface area (Å²) >= 11 is 0. The Bertz CT molecular complexity index is 513. The molecule has 2 heterocycles. The maximum atomic E-state index is 8.93. The van der Waals surface area contributed by atoms with Crippen LogP contribution in [0.2, 0.25) is 0 Å². The minimum atomic E-state index is -0.0383. The summed E-state index contributed by atoms with van der Waals surface area (Å²) < 4.78 is 0. The fourth-order valence-electron chi connectivity index (χ4n) is 1.63. The molecule has 18 heavy (non-hydrogen) atoms. The normalized spacial score (nSPS) is 10.4. The molecular weight excluding hydrogens is 228 g/mol. The lowest BCUT2D eigenvalue weighted by Gasteiger charge is -2.16. The quantitative estimate of drug-likeness (QED) is 0.878. The van der Waals surface area contributed by atoms with E-state index in [4.69, 9.17) is 5.11 Å². The van der Waals surface area contributed by atoms with Crippen molar-refractivity contribution in [3.8, 4) is 0 Å². The van der Waals surface area contributed by atoms with Crippen LogP contribution in [0.25, 0.3) is 0 Å². The van der Waals surface area contributed by atoms with E-state index in [0.29, 0.717) is 18.1 Å². The third-order valence-corrected chi connectivity index (χ3v) is 2.56. The molecule has 94 valence electrons. The van der Waals surface area contributed by atoms with Gasteiger partial charge in [0.25, 0.3) is 0 Å². The van der Waals surface area contributed by atoms with Gasteiger partial charge in [0, 0.05) is 30.7 Å². The van der Waals surface area contributed by atoms with Gasteiger partial charge in [0.1, 0.15) is 0 Å². The highest BCUT2D eigenvalue weighted by Gasteiger charge is 2.06. The molecule has 0 radical (unpaired) electrons. The van der Waals surface area contributed by atoms with Crippen molar-refractivity contribution in [2.75, 3.05) is 11.9 Å². The summed E-state index contributed by atoms with van der Waals surface area (Å²) in [6.45, 7) is 2.58. The minimum Gasteiger partial charge on any atom is -0.392 e. The SMILES string of the molecule is Cc1cccc(CN(C)c2ncc(CO)cn2)n1. The summed E-state index contributed by atoms with van der Waals surface area (Å²) in [4.78, 5) is 14.7. The molecule has 0 saturated heterocycles. The first-order valence-electron chi connectivity index (χ1n) is 5.74. The Balaban J connectivity index is 2.09. The molecule has 0 spiro atoms. The molecule has 0 aliphatic heterocycles. The Kier molecular flexibility index (Phi) is 3.84. The van der Waals surface area contributed by atoms with Crippen LogP contribution in [0.4, 0.5) is 5.95 Å². The van der Waals surface area contributed by atoms with Gasteiger partial charge in [-0.15, -0.1) is 0 Å². The van der Waals surface area contributed by atoms with Crippen LogP contribution >= 0.6 is 0 Å². The van der Waals surface area contributed by atoms with Crippen LogP contribution in [0.1, 0.15) is 17.0 Å². The Morgan fingerprint density at radius 3 is 2.56 bits per heavy atom. The van der Waals surface area contributed by atoms with Crippen molar-refractivity contribution in [1.29, 1.82) is 0 Å². The number of aliphatic hydroxyl groups is 1. The van der Waals surface area contributed by atoms with Crippen LogP contribution in [0.5, 0.6) is 0 Å². The van der Waals surface area contributed by atoms with Crippen molar-refractivity contribution in [2.24, 2.45) is 0 Å². The van der Waals surface area contributed by atoms with E-state index in [1.165, 1.54) is 0 Å². The van der Waals surface area contributed by atoms with Gasteiger partial charge in [0.05, 0.1) is 18.8 Å². The summed E-state index contributed by atoms with van der Waals surface area (Å²) in [5.74, 6) is 0.621. The van der Waals surface area contributed by atoms with Crippen LogP contribution in [-0.2, 0) is 13.2 Å². The number of aromatic nitrogens is 3. The van der Waals surface area contributed by atoms with Crippen LogP contribution in [0.15, 0.2) is 30.6 Å². The van der Waals surface area contributed by atoms with Crippen molar-refractivity contribution in [3.63, 3.8) is 0 Å². The van der Waals surface area contributed by atoms with Gasteiger partial charge in [-0.1, -0.05) is 6.07 Å². The van der Waals surface area contributed by atoms with Crippen LogP contribution in [-0.4, -0.2) is 27.1 Å². The molecule has 0 fully saturated rings. The first-order valence-corrected chi connectivity index (χ1v) is 5.74. The van der Waals surface area contributed by atoms with Crippen molar-refractivity contribution in [3.05, 3.63) is 47.5 Å². The highest BCUT2D eigenvalue weighted by Crippen LogP contribution is 2.09. The molecule has 0 amide bonds. The average molecular weight is 244 g/mol. The molecule has 1 N–H and O–H groups in total. The number of anilines is 1. The lowest BCUT2D eigenvalue weighted by molar-refractivity contribution is 0.281. The fourth-order valence-corrected chi connectivity index (χ4v) is 1.63. The molecule has 2 rings (SSSR count). The predicted molar refractivity (Wildman–Crippen MR) is 69.0 cm³/mol. The van der Waals surface area contributed by atoms with E-state index < -0.39 is 0 Å². The Morgan fingerprint density at radius 1 is 1.22 bits per heavy atom. The van der Waals surface area contributed by atoms with Gasteiger partial charge in [0.15, 0.2) is 0 Å². The lowest BCUT2D eigenvalue weighted by Crippen LogP contribution is -2.20. The van der Waals surface area contributed by atoms with Crippen LogP contribution < -0.4 is 4.90 Å². The summed E-state index contributed by atoms with van der Waals surface area (Å²) in [6, 6.07) is 5.93. The van der Waals surface area contributed by atoms with Gasteiger partial charge in [-0.2, -0.15) is 0 Å². The van der Waals surface area contributed by atoms with Gasteiger partial charge in [-0.25, -0.2) is 9.97 Å². The van der Waals surface area contributed by atoms with Gasteiger partial charge in [-0.05, 0) is 19.1 Å². The fraction of sp³-hybridized carbons (Fsp3) is 0.308. The van der Waals surface area contributed by atoms with Crippen molar-refractivity contribution < 1.29 is 5.11 Å². The number of rotatable bonds is 4. The molecule has 2 aromatic heterocycles. The maximum absolute atomic E-state index is 8.93. The van der Waals surface area contributed by atoms with E-state index in [2.05, 4.69) is 15.0 Å². The number of aliphatic hydroxyl groups excluding tert-OH is 1. The summed E-state index contributed by atoms with van der Waals surface area (Å²) in [5.41, 5.74) is 2.69. The monoisotopic (exact) mass is 244 g/mol. The molecule has 0 aliphatic carbocycles.